The van der Waals surface area contributed by atoms with Crippen LogP contribution in [0.3, 0.4) is 0 Å². The molecule has 0 amide bonds. The first-order chi connectivity index (χ1) is 21.1. The van der Waals surface area contributed by atoms with Crippen LogP contribution in [0.15, 0.2) is 109 Å². The number of rotatable bonds is 10. The Labute approximate surface area is 259 Å². The van der Waals surface area contributed by atoms with Crippen LogP contribution in [0.5, 0.6) is 0 Å². The van der Waals surface area contributed by atoms with Crippen LogP contribution < -0.4 is 9.80 Å². The zero-order valence-corrected chi connectivity index (χ0v) is 26.2. The largest absolute Gasteiger partial charge is 0.372 e. The Bertz CT molecular complexity index is 1650. The molecule has 0 aliphatic carbocycles. The zero-order chi connectivity index (χ0) is 29.8. The Balaban J connectivity index is 1.24. The van der Waals surface area contributed by atoms with E-state index in [9.17, 15) is 0 Å². The van der Waals surface area contributed by atoms with Gasteiger partial charge in [-0.2, -0.15) is 8.75 Å². The summed E-state index contributed by atoms with van der Waals surface area (Å²) in [5, 5.41) is 0. The lowest BCUT2D eigenvalue weighted by molar-refractivity contribution is 0.866. The van der Waals surface area contributed by atoms with Gasteiger partial charge in [0.05, 0.1) is 11.7 Å². The lowest BCUT2D eigenvalue weighted by Crippen LogP contribution is -2.21. The van der Waals surface area contributed by atoms with E-state index >= 15 is 0 Å². The summed E-state index contributed by atoms with van der Waals surface area (Å²) in [7, 11) is 0. The Kier molecular flexibility index (Phi) is 8.52. The van der Waals surface area contributed by atoms with E-state index in [1.165, 1.54) is 45.4 Å². The van der Waals surface area contributed by atoms with Gasteiger partial charge in [-0.05, 0) is 85.3 Å². The van der Waals surface area contributed by atoms with E-state index in [-0.39, 0.29) is 0 Å². The standard InChI is InChI=1S/C38H38N4S/c1-5-41(6-2)33-21-17-29(18-22-33)27-9-13-31(14-10-27)35-25-26-36(38-37(35)39-43-40-38)32-15-11-28(12-16-32)30-19-23-34(24-20-30)42(7-3)8-4/h9-26H,5-8H2,1-4H3. The van der Waals surface area contributed by atoms with Crippen molar-refractivity contribution >= 4 is 34.1 Å². The highest BCUT2D eigenvalue weighted by molar-refractivity contribution is 7.00. The molecule has 0 saturated heterocycles. The zero-order valence-electron chi connectivity index (χ0n) is 25.4. The van der Waals surface area contributed by atoms with Gasteiger partial charge >= 0.3 is 0 Å². The van der Waals surface area contributed by atoms with E-state index in [1.807, 2.05) is 0 Å². The summed E-state index contributed by atoms with van der Waals surface area (Å²) in [5.74, 6) is 0. The van der Waals surface area contributed by atoms with Crippen molar-refractivity contribution in [2.24, 2.45) is 0 Å². The van der Waals surface area contributed by atoms with E-state index in [0.717, 1.165) is 59.5 Å². The Morgan fingerprint density at radius 1 is 0.395 bits per heavy atom. The third-order valence-corrected chi connectivity index (χ3v) is 8.99. The van der Waals surface area contributed by atoms with E-state index in [1.54, 1.807) is 0 Å². The molecule has 216 valence electrons. The van der Waals surface area contributed by atoms with Crippen molar-refractivity contribution in [3.8, 4) is 44.5 Å². The molecule has 0 atom stereocenters. The Morgan fingerprint density at radius 2 is 0.674 bits per heavy atom. The number of anilines is 2. The van der Waals surface area contributed by atoms with Crippen LogP contribution in [0.25, 0.3) is 55.5 Å². The highest BCUT2D eigenvalue weighted by Crippen LogP contribution is 2.36. The molecule has 6 rings (SSSR count). The lowest BCUT2D eigenvalue weighted by atomic mass is 9.95. The first-order valence-electron chi connectivity index (χ1n) is 15.3. The Morgan fingerprint density at radius 3 is 0.977 bits per heavy atom. The van der Waals surface area contributed by atoms with Gasteiger partial charge in [0.1, 0.15) is 11.0 Å². The highest BCUT2D eigenvalue weighted by atomic mass is 32.1. The van der Waals surface area contributed by atoms with Crippen LogP contribution in [-0.2, 0) is 0 Å². The van der Waals surface area contributed by atoms with Crippen molar-refractivity contribution < 1.29 is 0 Å². The van der Waals surface area contributed by atoms with Crippen molar-refractivity contribution in [3.63, 3.8) is 0 Å². The van der Waals surface area contributed by atoms with Gasteiger partial charge in [-0.3, -0.25) is 0 Å². The van der Waals surface area contributed by atoms with Gasteiger partial charge in [-0.15, -0.1) is 0 Å². The van der Waals surface area contributed by atoms with Crippen molar-refractivity contribution in [3.05, 3.63) is 109 Å². The highest BCUT2D eigenvalue weighted by Gasteiger charge is 2.14. The average molecular weight is 583 g/mol. The molecule has 5 aromatic carbocycles. The molecule has 0 bridgehead atoms. The average Bonchev–Trinajstić information content (AvgIpc) is 3.57. The second-order valence-corrected chi connectivity index (χ2v) is 11.2. The van der Waals surface area contributed by atoms with E-state index in [0.29, 0.717) is 0 Å². The molecule has 0 aliphatic heterocycles. The second kappa shape index (κ2) is 12.8. The molecule has 0 spiro atoms. The van der Waals surface area contributed by atoms with Crippen molar-refractivity contribution in [1.82, 2.24) is 8.75 Å². The predicted octanol–water partition coefficient (Wildman–Crippen LogP) is 10.1. The van der Waals surface area contributed by atoms with Crippen LogP contribution in [0.1, 0.15) is 27.7 Å². The molecule has 1 heterocycles. The smallest absolute Gasteiger partial charge is 0.113 e. The molecular formula is C38H38N4S. The van der Waals surface area contributed by atoms with Gasteiger partial charge in [0.15, 0.2) is 0 Å². The van der Waals surface area contributed by atoms with E-state index < -0.39 is 0 Å². The number of aromatic nitrogens is 2. The predicted molar refractivity (Wildman–Crippen MR) is 186 cm³/mol. The van der Waals surface area contributed by atoms with Crippen molar-refractivity contribution in [1.29, 1.82) is 0 Å². The number of fused-ring (bicyclic) bond motifs is 1. The maximum absolute atomic E-state index is 4.73. The maximum Gasteiger partial charge on any atom is 0.113 e. The monoisotopic (exact) mass is 582 g/mol. The SMILES string of the molecule is CCN(CC)c1ccc(-c2ccc(-c3ccc(-c4ccc(-c5ccc(N(CC)CC)cc5)cc4)c4nsnc34)cc2)cc1. The van der Waals surface area contributed by atoms with Gasteiger partial charge in [0, 0.05) is 48.7 Å². The van der Waals surface area contributed by atoms with Crippen LogP contribution in [0.2, 0.25) is 0 Å². The summed E-state index contributed by atoms with van der Waals surface area (Å²) in [4.78, 5) is 4.73. The normalized spacial score (nSPS) is 11.2. The summed E-state index contributed by atoms with van der Waals surface area (Å²) in [5.41, 5.74) is 13.8. The first kappa shape index (κ1) is 28.6. The third kappa shape index (κ3) is 5.78. The van der Waals surface area contributed by atoms with Crippen molar-refractivity contribution in [2.45, 2.75) is 27.7 Å². The van der Waals surface area contributed by atoms with Gasteiger partial charge in [-0.25, -0.2) is 0 Å². The fourth-order valence-electron chi connectivity index (χ4n) is 5.92. The fraction of sp³-hybridized carbons (Fsp3) is 0.211. The minimum Gasteiger partial charge on any atom is -0.372 e. The topological polar surface area (TPSA) is 32.3 Å². The summed E-state index contributed by atoms with van der Waals surface area (Å²) >= 11 is 1.28. The molecule has 0 N–H and O–H groups in total. The van der Waals surface area contributed by atoms with Crippen LogP contribution in [0.4, 0.5) is 11.4 Å². The molecular weight excluding hydrogens is 545 g/mol. The summed E-state index contributed by atoms with van der Waals surface area (Å²) in [6.07, 6.45) is 0. The minimum absolute atomic E-state index is 0.954. The molecule has 0 fully saturated rings. The number of hydrogen-bond acceptors (Lipinski definition) is 5. The maximum atomic E-state index is 4.73. The van der Waals surface area contributed by atoms with E-state index in [4.69, 9.17) is 8.75 Å². The lowest BCUT2D eigenvalue weighted by Gasteiger charge is -2.21. The number of benzene rings is 5. The van der Waals surface area contributed by atoms with E-state index in [2.05, 4.69) is 147 Å². The molecule has 1 aromatic heterocycles. The Hall–Kier alpha value is -4.48. The van der Waals surface area contributed by atoms with Crippen LogP contribution in [-0.4, -0.2) is 34.9 Å². The quantitative estimate of drug-likeness (QED) is 0.161. The second-order valence-electron chi connectivity index (χ2n) is 10.7. The molecule has 0 unspecified atom stereocenters. The van der Waals surface area contributed by atoms with Gasteiger partial charge in [0.25, 0.3) is 0 Å². The van der Waals surface area contributed by atoms with Gasteiger partial charge in [-0.1, -0.05) is 84.9 Å². The summed E-state index contributed by atoms with van der Waals surface area (Å²) in [6.45, 7) is 12.8. The molecule has 5 heteroatoms. The molecule has 43 heavy (non-hydrogen) atoms. The van der Waals surface area contributed by atoms with Crippen LogP contribution in [0, 0.1) is 0 Å². The third-order valence-electron chi connectivity index (χ3n) is 8.47. The molecule has 0 saturated carbocycles. The fourth-order valence-corrected chi connectivity index (χ4v) is 6.50. The van der Waals surface area contributed by atoms with Crippen molar-refractivity contribution in [2.75, 3.05) is 36.0 Å². The minimum atomic E-state index is 0.954. The van der Waals surface area contributed by atoms with Gasteiger partial charge < -0.3 is 9.80 Å². The summed E-state index contributed by atoms with van der Waals surface area (Å²) < 4.78 is 9.46. The molecule has 6 aromatic rings. The molecule has 0 radical (unpaired) electrons. The van der Waals surface area contributed by atoms with Gasteiger partial charge in [0.2, 0.25) is 0 Å². The number of hydrogen-bond donors (Lipinski definition) is 0. The first-order valence-corrected chi connectivity index (χ1v) is 16.0. The molecule has 4 nitrogen and oxygen atoms in total. The molecule has 0 aliphatic rings. The number of nitrogens with zero attached hydrogens (tertiary/aromatic N) is 4. The van der Waals surface area contributed by atoms with Crippen LogP contribution >= 0.6 is 11.7 Å². The summed E-state index contributed by atoms with van der Waals surface area (Å²) in [6, 6.07) is 39.7.